The Morgan fingerprint density at radius 3 is 2.76 bits per heavy atom. The second-order valence-electron chi connectivity index (χ2n) is 6.74. The van der Waals surface area contributed by atoms with Crippen LogP contribution in [0.25, 0.3) is 26.8 Å². The molecule has 0 radical (unpaired) electrons. The van der Waals surface area contributed by atoms with Crippen LogP contribution in [0.3, 0.4) is 0 Å². The van der Waals surface area contributed by atoms with Crippen molar-refractivity contribution in [2.45, 2.75) is 20.3 Å². The fourth-order valence-corrected chi connectivity index (χ4v) is 4.23. The molecule has 0 aliphatic carbocycles. The maximum Gasteiger partial charge on any atom is 0.277 e. The smallest absolute Gasteiger partial charge is 0.277 e. The summed E-state index contributed by atoms with van der Waals surface area (Å²) < 4.78 is 13.7. The van der Waals surface area contributed by atoms with E-state index in [4.69, 9.17) is 14.5 Å². The highest BCUT2D eigenvalue weighted by molar-refractivity contribution is 7.17. The lowest BCUT2D eigenvalue weighted by Crippen LogP contribution is -2.25. The topological polar surface area (TPSA) is 69.0 Å². The van der Waals surface area contributed by atoms with Crippen molar-refractivity contribution in [3.63, 3.8) is 0 Å². The number of hydrogen-bond donors (Lipinski definition) is 0. The molecule has 0 fully saturated rings. The van der Waals surface area contributed by atoms with Crippen LogP contribution in [-0.2, 0) is 0 Å². The summed E-state index contributed by atoms with van der Waals surface area (Å²) >= 11 is 1.39. The lowest BCUT2D eigenvalue weighted by Gasteiger charge is -2.18. The first kappa shape index (κ1) is 19.6. The molecule has 0 amide bonds. The van der Waals surface area contributed by atoms with Gasteiger partial charge < -0.3 is 14.4 Å². The fraction of sp³-hybridized carbons (Fsp3) is 0.381. The van der Waals surface area contributed by atoms with Crippen LogP contribution >= 0.6 is 11.3 Å². The zero-order chi connectivity index (χ0) is 20.4. The van der Waals surface area contributed by atoms with Gasteiger partial charge in [-0.15, -0.1) is 11.3 Å². The second kappa shape index (κ2) is 8.34. The van der Waals surface area contributed by atoms with Crippen molar-refractivity contribution in [1.82, 2.24) is 19.3 Å². The van der Waals surface area contributed by atoms with Crippen molar-refractivity contribution in [1.29, 1.82) is 0 Å². The van der Waals surface area contributed by atoms with Gasteiger partial charge in [0.2, 0.25) is 0 Å². The van der Waals surface area contributed by atoms with Crippen LogP contribution in [0.4, 0.5) is 0 Å². The standard InChI is InChI=1S/C21H24N4O3S/c1-4-24(5-2)8-6-9-28-18-11-14-16(12-17(18)27-3)22-13-25-20(14)23-15-7-10-29-19(15)21(25)26/h7,10-13H,4-6,8-9H2,1-3H3. The minimum absolute atomic E-state index is 0.105. The van der Waals surface area contributed by atoms with Crippen LogP contribution in [0.2, 0.25) is 0 Å². The maximum absolute atomic E-state index is 12.8. The Morgan fingerprint density at radius 2 is 2.00 bits per heavy atom. The summed E-state index contributed by atoms with van der Waals surface area (Å²) in [5.74, 6) is 1.25. The highest BCUT2D eigenvalue weighted by Crippen LogP contribution is 2.33. The SMILES string of the molecule is CCN(CC)CCCOc1cc2c(cc1OC)ncn1c(=O)c3sccc3nc21. The molecule has 7 nitrogen and oxygen atoms in total. The number of methoxy groups -OCH3 is 1. The van der Waals surface area contributed by atoms with Crippen LogP contribution < -0.4 is 15.0 Å². The van der Waals surface area contributed by atoms with E-state index in [1.54, 1.807) is 7.11 Å². The number of thiophene rings is 1. The summed E-state index contributed by atoms with van der Waals surface area (Å²) in [5.41, 5.74) is 1.87. The first-order chi connectivity index (χ1) is 14.2. The molecule has 0 aliphatic rings. The van der Waals surface area contributed by atoms with Crippen LogP contribution in [0.15, 0.2) is 34.7 Å². The Kier molecular flexibility index (Phi) is 5.64. The van der Waals surface area contributed by atoms with Gasteiger partial charge >= 0.3 is 0 Å². The maximum atomic E-state index is 12.8. The predicted molar refractivity (Wildman–Crippen MR) is 117 cm³/mol. The van der Waals surface area contributed by atoms with E-state index in [0.29, 0.717) is 39.5 Å². The van der Waals surface area contributed by atoms with Gasteiger partial charge in [-0.05, 0) is 37.0 Å². The normalized spacial score (nSPS) is 11.7. The quantitative estimate of drug-likeness (QED) is 0.325. The van der Waals surface area contributed by atoms with Crippen LogP contribution in [0, 0.1) is 0 Å². The van der Waals surface area contributed by atoms with E-state index >= 15 is 0 Å². The molecule has 0 bridgehead atoms. The van der Waals surface area contributed by atoms with Gasteiger partial charge in [0, 0.05) is 18.0 Å². The molecule has 4 aromatic rings. The monoisotopic (exact) mass is 412 g/mol. The molecule has 0 atom stereocenters. The first-order valence-electron chi connectivity index (χ1n) is 9.77. The number of fused-ring (bicyclic) bond motifs is 4. The number of hydrogen-bond acceptors (Lipinski definition) is 7. The van der Waals surface area contributed by atoms with E-state index in [-0.39, 0.29) is 5.56 Å². The zero-order valence-electron chi connectivity index (χ0n) is 16.8. The van der Waals surface area contributed by atoms with Crippen molar-refractivity contribution in [2.24, 2.45) is 0 Å². The van der Waals surface area contributed by atoms with E-state index in [9.17, 15) is 4.79 Å². The summed E-state index contributed by atoms with van der Waals surface area (Å²) in [7, 11) is 1.61. The van der Waals surface area contributed by atoms with Crippen molar-refractivity contribution in [3.05, 3.63) is 40.3 Å². The van der Waals surface area contributed by atoms with E-state index in [2.05, 4.69) is 23.7 Å². The third-order valence-electron chi connectivity index (χ3n) is 5.12. The Bertz CT molecular complexity index is 1210. The molecule has 3 aromatic heterocycles. The van der Waals surface area contributed by atoms with Crippen LogP contribution in [-0.4, -0.2) is 52.6 Å². The number of rotatable bonds is 8. The molecule has 0 saturated heterocycles. The molecular weight excluding hydrogens is 388 g/mol. The highest BCUT2D eigenvalue weighted by atomic mass is 32.1. The number of aromatic nitrogens is 3. The Balaban J connectivity index is 1.73. The second-order valence-corrected chi connectivity index (χ2v) is 7.66. The Labute approximate surface area is 172 Å². The molecule has 0 aliphatic heterocycles. The summed E-state index contributed by atoms with van der Waals surface area (Å²) in [6.45, 7) is 7.96. The fourth-order valence-electron chi connectivity index (χ4n) is 3.46. The van der Waals surface area contributed by atoms with Gasteiger partial charge in [0.05, 0.1) is 24.8 Å². The van der Waals surface area contributed by atoms with E-state index in [1.165, 1.54) is 22.1 Å². The molecule has 8 heteroatoms. The average molecular weight is 413 g/mol. The molecule has 0 unspecified atom stereocenters. The van der Waals surface area contributed by atoms with E-state index in [1.807, 2.05) is 23.6 Å². The van der Waals surface area contributed by atoms with Gasteiger partial charge in [0.1, 0.15) is 11.0 Å². The molecule has 4 rings (SSSR count). The minimum atomic E-state index is -0.105. The largest absolute Gasteiger partial charge is 0.493 e. The molecule has 29 heavy (non-hydrogen) atoms. The van der Waals surface area contributed by atoms with Gasteiger partial charge in [0.15, 0.2) is 17.1 Å². The Morgan fingerprint density at radius 1 is 1.17 bits per heavy atom. The average Bonchev–Trinajstić information content (AvgIpc) is 3.22. The molecule has 1 aromatic carbocycles. The van der Waals surface area contributed by atoms with Crippen molar-refractivity contribution < 1.29 is 9.47 Å². The summed E-state index contributed by atoms with van der Waals surface area (Å²) in [6, 6.07) is 5.57. The van der Waals surface area contributed by atoms with E-state index in [0.717, 1.165) is 31.4 Å². The van der Waals surface area contributed by atoms with Gasteiger partial charge in [-0.2, -0.15) is 0 Å². The van der Waals surface area contributed by atoms with Crippen molar-refractivity contribution in [3.8, 4) is 11.5 Å². The van der Waals surface area contributed by atoms with Gasteiger partial charge in [-0.1, -0.05) is 13.8 Å². The minimum Gasteiger partial charge on any atom is -0.493 e. The lowest BCUT2D eigenvalue weighted by atomic mass is 10.2. The van der Waals surface area contributed by atoms with Crippen LogP contribution in [0.1, 0.15) is 20.3 Å². The third-order valence-corrected chi connectivity index (χ3v) is 6.01. The third kappa shape index (κ3) is 3.65. The molecule has 152 valence electrons. The zero-order valence-corrected chi connectivity index (χ0v) is 17.7. The van der Waals surface area contributed by atoms with Gasteiger partial charge in [0.25, 0.3) is 5.56 Å². The van der Waals surface area contributed by atoms with Gasteiger partial charge in [-0.25, -0.2) is 14.4 Å². The van der Waals surface area contributed by atoms with Gasteiger partial charge in [-0.3, -0.25) is 4.79 Å². The summed E-state index contributed by atoms with van der Waals surface area (Å²) in [6.07, 6.45) is 2.44. The molecular formula is C21H24N4O3S. The number of benzene rings is 1. The number of ether oxygens (including phenoxy) is 2. The molecule has 3 heterocycles. The highest BCUT2D eigenvalue weighted by Gasteiger charge is 2.14. The molecule has 0 N–H and O–H groups in total. The molecule has 0 spiro atoms. The summed E-state index contributed by atoms with van der Waals surface area (Å²) in [5, 5.41) is 2.64. The van der Waals surface area contributed by atoms with Crippen molar-refractivity contribution >= 4 is 38.1 Å². The first-order valence-corrected chi connectivity index (χ1v) is 10.7. The predicted octanol–water partition coefficient (Wildman–Crippen LogP) is 3.58. The van der Waals surface area contributed by atoms with E-state index < -0.39 is 0 Å². The van der Waals surface area contributed by atoms with Crippen molar-refractivity contribution in [2.75, 3.05) is 33.4 Å². The summed E-state index contributed by atoms with van der Waals surface area (Å²) in [4.78, 5) is 24.3. The Hall–Kier alpha value is -2.71. The number of nitrogens with zero attached hydrogens (tertiary/aromatic N) is 4. The lowest BCUT2D eigenvalue weighted by molar-refractivity contribution is 0.243. The molecule has 0 saturated carbocycles. The van der Waals surface area contributed by atoms with Crippen LogP contribution in [0.5, 0.6) is 11.5 Å².